The molecule has 0 aliphatic rings. The second-order valence-electron chi connectivity index (χ2n) is 3.50. The quantitative estimate of drug-likeness (QED) is 0.725. The van der Waals surface area contributed by atoms with Crippen LogP contribution in [0.15, 0.2) is 16.8 Å². The Morgan fingerprint density at radius 2 is 2.14 bits per heavy atom. The first kappa shape index (κ1) is 8.93. The Morgan fingerprint density at radius 3 is 2.64 bits per heavy atom. The van der Waals surface area contributed by atoms with Gasteiger partial charge >= 0.3 is 0 Å². The van der Waals surface area contributed by atoms with Crippen molar-refractivity contribution in [1.29, 1.82) is 0 Å². The van der Waals surface area contributed by atoms with Crippen molar-refractivity contribution in [2.75, 3.05) is 0 Å². The molecule has 0 radical (unpaired) electrons. The van der Waals surface area contributed by atoms with Gasteiger partial charge in [0.1, 0.15) is 0 Å². The lowest BCUT2D eigenvalue weighted by Gasteiger charge is -1.93. The molecule has 5 nitrogen and oxygen atoms in total. The summed E-state index contributed by atoms with van der Waals surface area (Å²) >= 11 is 0. The Kier molecular flexibility index (Phi) is 2.07. The maximum Gasteiger partial charge on any atom is 0.250 e. The fourth-order valence-corrected chi connectivity index (χ4v) is 1.12. The molecule has 0 unspecified atom stereocenters. The van der Waals surface area contributed by atoms with Crippen LogP contribution in [0.25, 0.3) is 11.5 Å². The molecule has 0 fully saturated rings. The molecule has 5 heteroatoms. The summed E-state index contributed by atoms with van der Waals surface area (Å²) in [6, 6.07) is 0. The Bertz CT molecular complexity index is 429. The summed E-state index contributed by atoms with van der Waals surface area (Å²) in [6.45, 7) is 4.03. The van der Waals surface area contributed by atoms with Crippen molar-refractivity contribution in [3.05, 3.63) is 18.3 Å². The van der Waals surface area contributed by atoms with Gasteiger partial charge in [0.15, 0.2) is 0 Å². The van der Waals surface area contributed by atoms with E-state index in [9.17, 15) is 0 Å². The summed E-state index contributed by atoms with van der Waals surface area (Å²) < 4.78 is 7.17. The van der Waals surface area contributed by atoms with Gasteiger partial charge in [-0.05, 0) is 0 Å². The highest BCUT2D eigenvalue weighted by atomic mass is 16.4. The van der Waals surface area contributed by atoms with Crippen LogP contribution >= 0.6 is 0 Å². The van der Waals surface area contributed by atoms with Gasteiger partial charge in [-0.15, -0.1) is 10.2 Å². The molecule has 0 spiro atoms. The molecule has 0 saturated heterocycles. The monoisotopic (exact) mass is 192 g/mol. The molecule has 2 rings (SSSR count). The number of rotatable bonds is 2. The molecule has 0 bridgehead atoms. The van der Waals surface area contributed by atoms with E-state index in [2.05, 4.69) is 15.3 Å². The number of aromatic nitrogens is 4. The van der Waals surface area contributed by atoms with Crippen molar-refractivity contribution in [3.63, 3.8) is 0 Å². The lowest BCUT2D eigenvalue weighted by atomic mass is 10.2. The predicted octanol–water partition coefficient (Wildman–Crippen LogP) is 1.59. The smallest absolute Gasteiger partial charge is 0.250 e. The van der Waals surface area contributed by atoms with E-state index in [-0.39, 0.29) is 5.92 Å². The van der Waals surface area contributed by atoms with Gasteiger partial charge < -0.3 is 4.42 Å². The van der Waals surface area contributed by atoms with Gasteiger partial charge in [0.25, 0.3) is 5.89 Å². The zero-order valence-electron chi connectivity index (χ0n) is 8.43. The maximum atomic E-state index is 5.47. The molecule has 14 heavy (non-hydrogen) atoms. The normalized spacial score (nSPS) is 11.1. The third-order valence-corrected chi connectivity index (χ3v) is 1.89. The lowest BCUT2D eigenvalue weighted by Crippen LogP contribution is -1.85. The van der Waals surface area contributed by atoms with Crippen LogP contribution in [-0.2, 0) is 7.05 Å². The fourth-order valence-electron chi connectivity index (χ4n) is 1.12. The number of nitrogens with zero attached hydrogens (tertiary/aromatic N) is 4. The Hall–Kier alpha value is -1.65. The first-order valence-corrected chi connectivity index (χ1v) is 4.49. The minimum atomic E-state index is 0.257. The predicted molar refractivity (Wildman–Crippen MR) is 50.6 cm³/mol. The minimum absolute atomic E-state index is 0.257. The van der Waals surface area contributed by atoms with E-state index >= 15 is 0 Å². The third-order valence-electron chi connectivity index (χ3n) is 1.89. The maximum absolute atomic E-state index is 5.47. The molecular weight excluding hydrogens is 180 g/mol. The Morgan fingerprint density at radius 1 is 1.36 bits per heavy atom. The van der Waals surface area contributed by atoms with E-state index in [4.69, 9.17) is 4.42 Å². The highest BCUT2D eigenvalue weighted by molar-refractivity contribution is 5.48. The second-order valence-corrected chi connectivity index (χ2v) is 3.50. The summed E-state index contributed by atoms with van der Waals surface area (Å²) in [5.41, 5.74) is 0.854. The number of hydrogen-bond acceptors (Lipinski definition) is 4. The summed E-state index contributed by atoms with van der Waals surface area (Å²) in [7, 11) is 1.85. The molecule has 0 N–H and O–H groups in total. The molecule has 2 aromatic heterocycles. The van der Waals surface area contributed by atoms with Crippen molar-refractivity contribution in [2.45, 2.75) is 19.8 Å². The summed E-state index contributed by atoms with van der Waals surface area (Å²) in [6.07, 6.45) is 3.55. The van der Waals surface area contributed by atoms with E-state index in [1.54, 1.807) is 10.9 Å². The summed E-state index contributed by atoms with van der Waals surface area (Å²) in [5.74, 6) is 1.44. The highest BCUT2D eigenvalue weighted by Crippen LogP contribution is 2.20. The van der Waals surface area contributed by atoms with Gasteiger partial charge in [0, 0.05) is 19.2 Å². The number of aryl methyl sites for hydroxylation is 1. The molecule has 0 aliphatic heterocycles. The largest absolute Gasteiger partial charge is 0.420 e. The van der Waals surface area contributed by atoms with Gasteiger partial charge in [-0.25, -0.2) is 0 Å². The average Bonchev–Trinajstić information content (AvgIpc) is 2.70. The molecule has 2 aromatic rings. The van der Waals surface area contributed by atoms with Crippen LogP contribution in [0.2, 0.25) is 0 Å². The van der Waals surface area contributed by atoms with Crippen LogP contribution in [0, 0.1) is 0 Å². The van der Waals surface area contributed by atoms with Crippen LogP contribution in [-0.4, -0.2) is 20.0 Å². The Balaban J connectivity index is 2.33. The van der Waals surface area contributed by atoms with Crippen LogP contribution in [0.3, 0.4) is 0 Å². The zero-order valence-corrected chi connectivity index (χ0v) is 8.43. The summed E-state index contributed by atoms with van der Waals surface area (Å²) in [5, 5.41) is 11.9. The first-order valence-electron chi connectivity index (χ1n) is 4.49. The Labute approximate surface area is 81.8 Å². The lowest BCUT2D eigenvalue weighted by molar-refractivity contribution is 0.481. The van der Waals surface area contributed by atoms with Crippen LogP contribution in [0.4, 0.5) is 0 Å². The third kappa shape index (κ3) is 1.53. The van der Waals surface area contributed by atoms with E-state index in [0.29, 0.717) is 11.8 Å². The molecule has 0 amide bonds. The van der Waals surface area contributed by atoms with Crippen molar-refractivity contribution in [1.82, 2.24) is 20.0 Å². The second kappa shape index (κ2) is 3.25. The van der Waals surface area contributed by atoms with Crippen LogP contribution in [0.5, 0.6) is 0 Å². The highest BCUT2D eigenvalue weighted by Gasteiger charge is 2.11. The molecule has 0 atom stereocenters. The van der Waals surface area contributed by atoms with Crippen molar-refractivity contribution in [2.24, 2.45) is 7.05 Å². The standard InChI is InChI=1S/C9H12N4O/c1-6(2)8-11-12-9(14-8)7-4-10-13(3)5-7/h4-6H,1-3H3. The molecule has 0 aliphatic carbocycles. The number of hydrogen-bond donors (Lipinski definition) is 0. The molecular formula is C9H12N4O. The van der Waals surface area contributed by atoms with Crippen molar-refractivity contribution < 1.29 is 4.42 Å². The zero-order chi connectivity index (χ0) is 10.1. The van der Waals surface area contributed by atoms with Gasteiger partial charge in [-0.3, -0.25) is 4.68 Å². The molecule has 2 heterocycles. The summed E-state index contributed by atoms with van der Waals surface area (Å²) in [4.78, 5) is 0. The topological polar surface area (TPSA) is 56.7 Å². The fraction of sp³-hybridized carbons (Fsp3) is 0.444. The van der Waals surface area contributed by atoms with E-state index in [0.717, 1.165) is 5.56 Å². The van der Waals surface area contributed by atoms with Gasteiger partial charge in [0.2, 0.25) is 5.89 Å². The van der Waals surface area contributed by atoms with Crippen LogP contribution in [0.1, 0.15) is 25.7 Å². The van der Waals surface area contributed by atoms with Crippen LogP contribution < -0.4 is 0 Å². The molecule has 0 saturated carbocycles. The SMILES string of the molecule is CC(C)c1nnc(-c2cnn(C)c2)o1. The molecule has 0 aromatic carbocycles. The van der Waals surface area contributed by atoms with Gasteiger partial charge in [-0.2, -0.15) is 5.10 Å². The first-order chi connectivity index (χ1) is 6.66. The van der Waals surface area contributed by atoms with E-state index in [1.807, 2.05) is 27.1 Å². The average molecular weight is 192 g/mol. The molecule has 74 valence electrons. The van der Waals surface area contributed by atoms with E-state index in [1.165, 1.54) is 0 Å². The van der Waals surface area contributed by atoms with Gasteiger partial charge in [0.05, 0.1) is 11.8 Å². The van der Waals surface area contributed by atoms with Gasteiger partial charge in [-0.1, -0.05) is 13.8 Å². The minimum Gasteiger partial charge on any atom is -0.420 e. The van der Waals surface area contributed by atoms with Crippen molar-refractivity contribution in [3.8, 4) is 11.5 Å². The van der Waals surface area contributed by atoms with E-state index < -0.39 is 0 Å². The van der Waals surface area contributed by atoms with Crippen molar-refractivity contribution >= 4 is 0 Å².